The average Bonchev–Trinajstić information content (AvgIpc) is 2.74. The van der Waals surface area contributed by atoms with E-state index in [9.17, 15) is 0 Å². The Morgan fingerprint density at radius 3 is 2.54 bits per heavy atom. The summed E-state index contributed by atoms with van der Waals surface area (Å²) in [5, 5.41) is 6.47. The van der Waals surface area contributed by atoms with Crippen LogP contribution >= 0.6 is 0 Å². The monoisotopic (exact) mass is 386 g/mol. The first-order chi connectivity index (χ1) is 13.8. The van der Waals surface area contributed by atoms with Crippen LogP contribution in [0.3, 0.4) is 0 Å². The quantitative estimate of drug-likeness (QED) is 0.350. The Morgan fingerprint density at radius 1 is 1.04 bits per heavy atom. The number of hydrogen-bond donors (Lipinski definition) is 2. The van der Waals surface area contributed by atoms with Crippen LogP contribution in [-0.2, 0) is 11.3 Å². The Kier molecular flexibility index (Phi) is 9.65. The maximum atomic E-state index is 5.96. The van der Waals surface area contributed by atoms with Gasteiger partial charge in [-0.2, -0.15) is 0 Å². The third kappa shape index (κ3) is 7.44. The van der Waals surface area contributed by atoms with Gasteiger partial charge in [0, 0.05) is 38.5 Å². The molecule has 28 heavy (non-hydrogen) atoms. The zero-order chi connectivity index (χ0) is 20.0. The Labute approximate surface area is 167 Å². The molecule has 0 bridgehead atoms. The summed E-state index contributed by atoms with van der Waals surface area (Å²) in [4.78, 5) is 8.57. The number of aromatic nitrogens is 1. The van der Waals surface area contributed by atoms with Crippen molar-refractivity contribution in [3.8, 4) is 17.4 Å². The molecule has 0 amide bonds. The zero-order valence-corrected chi connectivity index (χ0v) is 16.9. The maximum Gasteiger partial charge on any atom is 0.224 e. The minimum Gasteiger partial charge on any atom is -0.494 e. The molecule has 0 atom stereocenters. The summed E-state index contributed by atoms with van der Waals surface area (Å²) in [6, 6.07) is 11.4. The second kappa shape index (κ2) is 12.6. The highest BCUT2D eigenvalue weighted by Crippen LogP contribution is 2.25. The lowest BCUT2D eigenvalue weighted by Gasteiger charge is -2.14. The SMILES string of the molecule is CCCOc1ccc(Oc2ncccc2CNC(=NC)NCCOCC)cc1. The Bertz CT molecular complexity index is 720. The molecule has 2 rings (SSSR count). The number of nitrogens with one attached hydrogen (secondary N) is 2. The summed E-state index contributed by atoms with van der Waals surface area (Å²) >= 11 is 0. The van der Waals surface area contributed by atoms with E-state index in [-0.39, 0.29) is 0 Å². The molecule has 1 aromatic heterocycles. The van der Waals surface area contributed by atoms with Crippen LogP contribution in [0.4, 0.5) is 0 Å². The normalized spacial score (nSPS) is 11.2. The first kappa shape index (κ1) is 21.5. The van der Waals surface area contributed by atoms with Crippen LogP contribution in [0.15, 0.2) is 47.6 Å². The van der Waals surface area contributed by atoms with Gasteiger partial charge in [0.15, 0.2) is 5.96 Å². The summed E-state index contributed by atoms with van der Waals surface area (Å²) in [6.07, 6.45) is 2.69. The van der Waals surface area contributed by atoms with E-state index in [0.29, 0.717) is 50.5 Å². The van der Waals surface area contributed by atoms with E-state index < -0.39 is 0 Å². The van der Waals surface area contributed by atoms with Crippen molar-refractivity contribution in [2.45, 2.75) is 26.8 Å². The van der Waals surface area contributed by atoms with Crippen molar-refractivity contribution < 1.29 is 14.2 Å². The number of rotatable bonds is 11. The molecule has 2 N–H and O–H groups in total. The highest BCUT2D eigenvalue weighted by atomic mass is 16.5. The maximum absolute atomic E-state index is 5.96. The second-order valence-electron chi connectivity index (χ2n) is 5.94. The third-order valence-electron chi connectivity index (χ3n) is 3.77. The smallest absolute Gasteiger partial charge is 0.224 e. The molecule has 0 unspecified atom stereocenters. The van der Waals surface area contributed by atoms with Gasteiger partial charge >= 0.3 is 0 Å². The van der Waals surface area contributed by atoms with Crippen LogP contribution in [-0.4, -0.2) is 44.4 Å². The molecule has 0 aliphatic heterocycles. The first-order valence-corrected chi connectivity index (χ1v) is 9.63. The minimum atomic E-state index is 0.537. The second-order valence-corrected chi connectivity index (χ2v) is 5.94. The van der Waals surface area contributed by atoms with Gasteiger partial charge in [-0.05, 0) is 43.7 Å². The van der Waals surface area contributed by atoms with Gasteiger partial charge in [-0.3, -0.25) is 4.99 Å². The van der Waals surface area contributed by atoms with E-state index in [2.05, 4.69) is 27.5 Å². The molecule has 0 saturated heterocycles. The average molecular weight is 386 g/mol. The number of ether oxygens (including phenoxy) is 3. The van der Waals surface area contributed by atoms with E-state index >= 15 is 0 Å². The van der Waals surface area contributed by atoms with Crippen LogP contribution in [0, 0.1) is 0 Å². The molecular formula is C21H30N4O3. The molecule has 0 saturated carbocycles. The molecule has 1 aromatic carbocycles. The van der Waals surface area contributed by atoms with Crippen molar-refractivity contribution in [1.29, 1.82) is 0 Å². The van der Waals surface area contributed by atoms with Gasteiger partial charge in [0.1, 0.15) is 11.5 Å². The first-order valence-electron chi connectivity index (χ1n) is 9.63. The van der Waals surface area contributed by atoms with E-state index in [4.69, 9.17) is 14.2 Å². The van der Waals surface area contributed by atoms with Crippen LogP contribution < -0.4 is 20.1 Å². The number of benzene rings is 1. The fourth-order valence-electron chi connectivity index (χ4n) is 2.37. The number of guanidine groups is 1. The molecule has 0 radical (unpaired) electrons. The summed E-state index contributed by atoms with van der Waals surface area (Å²) in [6.45, 7) is 7.33. The predicted octanol–water partition coefficient (Wildman–Crippen LogP) is 3.36. The predicted molar refractivity (Wildman–Crippen MR) is 111 cm³/mol. The van der Waals surface area contributed by atoms with E-state index in [1.54, 1.807) is 13.2 Å². The van der Waals surface area contributed by atoms with Crippen molar-refractivity contribution in [2.75, 3.05) is 33.4 Å². The molecule has 1 heterocycles. The van der Waals surface area contributed by atoms with Crippen LogP contribution in [0.1, 0.15) is 25.8 Å². The number of nitrogens with zero attached hydrogens (tertiary/aromatic N) is 2. The molecular weight excluding hydrogens is 356 g/mol. The molecule has 2 aromatic rings. The van der Waals surface area contributed by atoms with Gasteiger partial charge in [0.05, 0.1) is 13.2 Å². The fourth-order valence-corrected chi connectivity index (χ4v) is 2.37. The number of aliphatic imine (C=N–C) groups is 1. The molecule has 152 valence electrons. The largest absolute Gasteiger partial charge is 0.494 e. The Hall–Kier alpha value is -2.80. The van der Waals surface area contributed by atoms with Gasteiger partial charge in [-0.25, -0.2) is 4.98 Å². The molecule has 7 nitrogen and oxygen atoms in total. The van der Waals surface area contributed by atoms with Crippen LogP contribution in [0.2, 0.25) is 0 Å². The van der Waals surface area contributed by atoms with Crippen molar-refractivity contribution in [1.82, 2.24) is 15.6 Å². The standard InChI is InChI=1S/C21H30N4O3/c1-4-14-27-18-8-10-19(11-9-18)28-20-17(7-6-12-23-20)16-25-21(22-3)24-13-15-26-5-2/h6-12H,4-5,13-16H2,1-3H3,(H2,22,24,25). The highest BCUT2D eigenvalue weighted by Gasteiger charge is 2.08. The van der Waals surface area contributed by atoms with E-state index in [1.807, 2.05) is 43.3 Å². The molecule has 0 aliphatic carbocycles. The summed E-state index contributed by atoms with van der Waals surface area (Å²) < 4.78 is 16.9. The fraction of sp³-hybridized carbons (Fsp3) is 0.429. The lowest BCUT2D eigenvalue weighted by atomic mass is 10.2. The molecule has 7 heteroatoms. The van der Waals surface area contributed by atoms with Gasteiger partial charge in [-0.15, -0.1) is 0 Å². The van der Waals surface area contributed by atoms with Gasteiger partial charge in [0.2, 0.25) is 5.88 Å². The number of hydrogen-bond acceptors (Lipinski definition) is 5. The lowest BCUT2D eigenvalue weighted by molar-refractivity contribution is 0.152. The Morgan fingerprint density at radius 2 is 1.82 bits per heavy atom. The third-order valence-corrected chi connectivity index (χ3v) is 3.77. The lowest BCUT2D eigenvalue weighted by Crippen LogP contribution is -2.38. The van der Waals surface area contributed by atoms with Crippen LogP contribution in [0.25, 0.3) is 0 Å². The summed E-state index contributed by atoms with van der Waals surface area (Å²) in [5.74, 6) is 2.80. The minimum absolute atomic E-state index is 0.537. The van der Waals surface area contributed by atoms with Crippen molar-refractivity contribution in [2.24, 2.45) is 4.99 Å². The number of pyridine rings is 1. The molecule has 0 aliphatic rings. The topological polar surface area (TPSA) is 77.0 Å². The van der Waals surface area contributed by atoms with Gasteiger partial charge in [-0.1, -0.05) is 13.0 Å². The zero-order valence-electron chi connectivity index (χ0n) is 16.9. The molecule has 0 fully saturated rings. The summed E-state index contributed by atoms with van der Waals surface area (Å²) in [5.41, 5.74) is 0.932. The van der Waals surface area contributed by atoms with Crippen molar-refractivity contribution in [3.63, 3.8) is 0 Å². The van der Waals surface area contributed by atoms with Gasteiger partial charge in [0.25, 0.3) is 0 Å². The van der Waals surface area contributed by atoms with E-state index in [1.165, 1.54) is 0 Å². The van der Waals surface area contributed by atoms with E-state index in [0.717, 1.165) is 17.7 Å². The highest BCUT2D eigenvalue weighted by molar-refractivity contribution is 5.79. The Balaban J connectivity index is 1.93. The summed E-state index contributed by atoms with van der Waals surface area (Å²) in [7, 11) is 1.73. The van der Waals surface area contributed by atoms with Crippen LogP contribution in [0.5, 0.6) is 17.4 Å². The van der Waals surface area contributed by atoms with Gasteiger partial charge < -0.3 is 24.8 Å². The van der Waals surface area contributed by atoms with Crippen molar-refractivity contribution in [3.05, 3.63) is 48.2 Å². The molecule has 0 spiro atoms. The van der Waals surface area contributed by atoms with Crippen molar-refractivity contribution >= 4 is 5.96 Å².